The average molecular weight is 369 g/mol. The Bertz CT molecular complexity index is 1110. The number of aromatic nitrogens is 1. The summed E-state index contributed by atoms with van der Waals surface area (Å²) in [6.07, 6.45) is 1.65. The number of nitrogens with zero attached hydrogens (tertiary/aromatic N) is 5. The third kappa shape index (κ3) is 3.04. The van der Waals surface area contributed by atoms with E-state index >= 15 is 0 Å². The Morgan fingerprint density at radius 3 is 2.39 bits per heavy atom. The number of rotatable bonds is 3. The van der Waals surface area contributed by atoms with Gasteiger partial charge in [-0.25, -0.2) is 4.79 Å². The quantitative estimate of drug-likeness (QED) is 0.764. The number of carbonyl (C=O) groups excluding carboxylic acids is 1. The molecule has 2 amide bonds. The maximum absolute atomic E-state index is 13.2. The predicted molar refractivity (Wildman–Crippen MR) is 105 cm³/mol. The van der Waals surface area contributed by atoms with Crippen LogP contribution in [0.25, 0.3) is 0 Å². The molecule has 0 radical (unpaired) electrons. The number of hydrogen-bond acceptors (Lipinski definition) is 5. The number of amides is 2. The molecule has 0 saturated heterocycles. The molecule has 0 saturated carbocycles. The predicted octanol–water partition coefficient (Wildman–Crippen LogP) is 3.51. The van der Waals surface area contributed by atoms with Gasteiger partial charge in [-0.05, 0) is 36.4 Å². The first-order valence-electron chi connectivity index (χ1n) is 8.56. The van der Waals surface area contributed by atoms with Crippen molar-refractivity contribution in [2.75, 3.05) is 16.5 Å². The van der Waals surface area contributed by atoms with E-state index in [9.17, 15) is 15.2 Å². The number of phenols is 1. The molecule has 0 aliphatic carbocycles. The van der Waals surface area contributed by atoms with Crippen LogP contribution in [0.1, 0.15) is 11.3 Å². The van der Waals surface area contributed by atoms with Crippen molar-refractivity contribution < 1.29 is 9.90 Å². The molecular weight excluding hydrogens is 354 g/mol. The Morgan fingerprint density at radius 2 is 1.68 bits per heavy atom. The fraction of sp³-hybridized carbons (Fsp3) is 0.0476. The molecule has 0 fully saturated rings. The van der Waals surface area contributed by atoms with E-state index in [2.05, 4.69) is 16.2 Å². The number of nitriles is 1. The van der Waals surface area contributed by atoms with E-state index in [0.717, 1.165) is 0 Å². The Balaban J connectivity index is 1.87. The van der Waals surface area contributed by atoms with Crippen molar-refractivity contribution >= 4 is 23.1 Å². The molecular formula is C21H15N5O2. The molecule has 0 bridgehead atoms. The molecule has 1 aliphatic heterocycles. The fourth-order valence-corrected chi connectivity index (χ4v) is 2.98. The summed E-state index contributed by atoms with van der Waals surface area (Å²) in [6.45, 7) is 0.138. The second-order valence-electron chi connectivity index (χ2n) is 6.06. The van der Waals surface area contributed by atoms with Crippen molar-refractivity contribution in [1.82, 2.24) is 4.98 Å². The normalized spacial score (nSPS) is 13.8. The van der Waals surface area contributed by atoms with Crippen molar-refractivity contribution in [2.24, 2.45) is 5.10 Å². The number of benzene rings is 2. The van der Waals surface area contributed by atoms with Gasteiger partial charge >= 0.3 is 6.03 Å². The highest BCUT2D eigenvalue weighted by molar-refractivity contribution is 6.16. The van der Waals surface area contributed by atoms with Crippen molar-refractivity contribution in [3.8, 4) is 11.8 Å². The zero-order valence-electron chi connectivity index (χ0n) is 14.7. The van der Waals surface area contributed by atoms with Crippen LogP contribution >= 0.6 is 0 Å². The number of phenolic OH excluding ortho intramolecular Hbond substituents is 1. The van der Waals surface area contributed by atoms with Gasteiger partial charge in [0.25, 0.3) is 0 Å². The summed E-state index contributed by atoms with van der Waals surface area (Å²) in [6, 6.07) is 20.4. The Labute approximate surface area is 161 Å². The standard InChI is InChI=1S/C21H15N5O2/c22-13-15-7-1-2-9-18(15)26-21(28)25(19-10-3-4-11-20(19)27)14-17(24-26)16-8-5-6-12-23-16/h1-12,27H,14H2. The summed E-state index contributed by atoms with van der Waals surface area (Å²) in [5.41, 5.74) is 2.18. The van der Waals surface area contributed by atoms with Gasteiger partial charge in [0.1, 0.15) is 17.5 Å². The van der Waals surface area contributed by atoms with Gasteiger partial charge in [0.15, 0.2) is 0 Å². The molecule has 0 spiro atoms. The molecule has 0 unspecified atom stereocenters. The highest BCUT2D eigenvalue weighted by atomic mass is 16.3. The van der Waals surface area contributed by atoms with E-state index in [4.69, 9.17) is 0 Å². The highest BCUT2D eigenvalue weighted by Gasteiger charge is 2.33. The van der Waals surface area contributed by atoms with Gasteiger partial charge in [-0.3, -0.25) is 9.88 Å². The minimum absolute atomic E-state index is 0.0216. The fourth-order valence-electron chi connectivity index (χ4n) is 2.98. The molecule has 7 nitrogen and oxygen atoms in total. The summed E-state index contributed by atoms with van der Waals surface area (Å²) in [4.78, 5) is 19.0. The molecule has 2 heterocycles. The topological polar surface area (TPSA) is 92.8 Å². The first-order chi connectivity index (χ1) is 13.7. The van der Waals surface area contributed by atoms with Crippen LogP contribution in [0, 0.1) is 11.3 Å². The summed E-state index contributed by atoms with van der Waals surface area (Å²) >= 11 is 0. The lowest BCUT2D eigenvalue weighted by Crippen LogP contribution is -2.49. The zero-order chi connectivity index (χ0) is 19.5. The highest BCUT2D eigenvalue weighted by Crippen LogP contribution is 2.32. The Hall–Kier alpha value is -4.18. The van der Waals surface area contributed by atoms with Gasteiger partial charge in [-0.15, -0.1) is 0 Å². The molecule has 2 aromatic carbocycles. The number of carbonyl (C=O) groups is 1. The SMILES string of the molecule is N#Cc1ccccc1N1N=C(c2ccccn2)CN(c2ccccc2O)C1=O. The average Bonchev–Trinajstić information content (AvgIpc) is 2.75. The van der Waals surface area contributed by atoms with Gasteiger partial charge in [0.2, 0.25) is 0 Å². The van der Waals surface area contributed by atoms with E-state index in [1.165, 1.54) is 16.0 Å². The summed E-state index contributed by atoms with van der Waals surface area (Å²) < 4.78 is 0. The number of urea groups is 1. The number of anilines is 2. The Morgan fingerprint density at radius 1 is 0.964 bits per heavy atom. The van der Waals surface area contributed by atoms with Gasteiger partial charge in [-0.2, -0.15) is 15.4 Å². The third-order valence-corrected chi connectivity index (χ3v) is 4.33. The van der Waals surface area contributed by atoms with Crippen LogP contribution in [-0.2, 0) is 0 Å². The molecule has 1 N–H and O–H groups in total. The summed E-state index contributed by atoms with van der Waals surface area (Å²) in [5.74, 6) is -0.0216. The van der Waals surface area contributed by atoms with Gasteiger partial charge in [0.05, 0.1) is 29.2 Å². The molecule has 0 atom stereocenters. The van der Waals surface area contributed by atoms with E-state index in [1.54, 1.807) is 60.8 Å². The Kier molecular flexibility index (Phi) is 4.44. The minimum atomic E-state index is -0.469. The first kappa shape index (κ1) is 17.2. The van der Waals surface area contributed by atoms with E-state index in [1.807, 2.05) is 6.07 Å². The van der Waals surface area contributed by atoms with Crippen LogP contribution in [0.2, 0.25) is 0 Å². The maximum Gasteiger partial charge on any atom is 0.350 e. The minimum Gasteiger partial charge on any atom is -0.506 e. The summed E-state index contributed by atoms with van der Waals surface area (Å²) in [7, 11) is 0. The lowest BCUT2D eigenvalue weighted by molar-refractivity contribution is 0.251. The monoisotopic (exact) mass is 369 g/mol. The smallest absolute Gasteiger partial charge is 0.350 e. The van der Waals surface area contributed by atoms with Crippen molar-refractivity contribution in [3.05, 3.63) is 84.2 Å². The lowest BCUT2D eigenvalue weighted by Gasteiger charge is -2.33. The van der Waals surface area contributed by atoms with Crippen LogP contribution in [0.5, 0.6) is 5.75 Å². The lowest BCUT2D eigenvalue weighted by atomic mass is 10.1. The largest absolute Gasteiger partial charge is 0.506 e. The number of hydrazone groups is 1. The van der Waals surface area contributed by atoms with Gasteiger partial charge in [0, 0.05) is 6.20 Å². The van der Waals surface area contributed by atoms with E-state index in [0.29, 0.717) is 28.3 Å². The van der Waals surface area contributed by atoms with Crippen LogP contribution in [0.3, 0.4) is 0 Å². The van der Waals surface area contributed by atoms with Crippen LogP contribution < -0.4 is 9.91 Å². The molecule has 1 aromatic heterocycles. The van der Waals surface area contributed by atoms with Crippen molar-refractivity contribution in [3.63, 3.8) is 0 Å². The molecule has 136 valence electrons. The number of hydrogen-bond donors (Lipinski definition) is 1. The van der Waals surface area contributed by atoms with E-state index in [-0.39, 0.29) is 12.3 Å². The van der Waals surface area contributed by atoms with Crippen LogP contribution in [-0.4, -0.2) is 28.4 Å². The first-order valence-corrected chi connectivity index (χ1v) is 8.56. The number of pyridine rings is 1. The second-order valence-corrected chi connectivity index (χ2v) is 6.06. The van der Waals surface area contributed by atoms with Gasteiger partial charge in [-0.1, -0.05) is 30.3 Å². The van der Waals surface area contributed by atoms with Crippen molar-refractivity contribution in [1.29, 1.82) is 5.26 Å². The third-order valence-electron chi connectivity index (χ3n) is 4.33. The molecule has 7 heteroatoms. The maximum atomic E-state index is 13.2. The van der Waals surface area contributed by atoms with Crippen LogP contribution in [0.4, 0.5) is 16.2 Å². The zero-order valence-corrected chi connectivity index (χ0v) is 14.7. The summed E-state index contributed by atoms with van der Waals surface area (Å²) in [5, 5.41) is 25.4. The molecule has 1 aliphatic rings. The number of aromatic hydroxyl groups is 1. The second kappa shape index (κ2) is 7.21. The molecule has 28 heavy (non-hydrogen) atoms. The van der Waals surface area contributed by atoms with E-state index < -0.39 is 6.03 Å². The molecule has 4 rings (SSSR count). The number of para-hydroxylation sites is 3. The molecule has 3 aromatic rings. The van der Waals surface area contributed by atoms with Crippen LogP contribution in [0.15, 0.2) is 78.0 Å². The van der Waals surface area contributed by atoms with Crippen molar-refractivity contribution in [2.45, 2.75) is 0 Å². The van der Waals surface area contributed by atoms with Gasteiger partial charge < -0.3 is 5.11 Å².